The van der Waals surface area contributed by atoms with Gasteiger partial charge in [-0.3, -0.25) is 14.4 Å². The van der Waals surface area contributed by atoms with Crippen LogP contribution in [0.5, 0.6) is 17.2 Å². The van der Waals surface area contributed by atoms with Crippen LogP contribution in [0, 0.1) is 0 Å². The fourth-order valence-electron chi connectivity index (χ4n) is 2.98. The maximum Gasteiger partial charge on any atom is 0.513 e. The molecule has 0 saturated carbocycles. The molecule has 0 spiro atoms. The fraction of sp³-hybridized carbons (Fsp3) is 0.360. The number of hydrogen-bond acceptors (Lipinski definition) is 10. The van der Waals surface area contributed by atoms with Crippen molar-refractivity contribution < 1.29 is 42.9 Å². The summed E-state index contributed by atoms with van der Waals surface area (Å²) in [5.41, 5.74) is 5.27. The van der Waals surface area contributed by atoms with E-state index >= 15 is 0 Å². The lowest BCUT2D eigenvalue weighted by molar-refractivity contribution is -0.147. The van der Waals surface area contributed by atoms with Gasteiger partial charge in [0.25, 0.3) is 0 Å². The molecule has 0 radical (unpaired) electrons. The van der Waals surface area contributed by atoms with Gasteiger partial charge in [0.05, 0.1) is 13.7 Å². The van der Waals surface area contributed by atoms with Crippen molar-refractivity contribution in [2.75, 3.05) is 13.7 Å². The summed E-state index contributed by atoms with van der Waals surface area (Å²) >= 11 is 0. The molecule has 0 aliphatic carbocycles. The van der Waals surface area contributed by atoms with Crippen molar-refractivity contribution in [1.82, 2.24) is 0 Å². The van der Waals surface area contributed by atoms with Crippen molar-refractivity contribution in [2.45, 2.75) is 45.1 Å². The smallest absolute Gasteiger partial charge is 0.468 e. The summed E-state index contributed by atoms with van der Waals surface area (Å²) in [6, 6.07) is 12.8. The Balaban J connectivity index is 2.15. The van der Waals surface area contributed by atoms with Gasteiger partial charge in [-0.05, 0) is 29.8 Å². The van der Waals surface area contributed by atoms with Gasteiger partial charge in [-0.2, -0.15) is 0 Å². The van der Waals surface area contributed by atoms with Crippen LogP contribution >= 0.6 is 0 Å². The molecule has 2 rings (SSSR count). The average Bonchev–Trinajstić information content (AvgIpc) is 2.85. The lowest BCUT2D eigenvalue weighted by Crippen LogP contribution is -2.51. The third-order valence-electron chi connectivity index (χ3n) is 4.86. The predicted octanol–water partition coefficient (Wildman–Crippen LogP) is 3.34. The van der Waals surface area contributed by atoms with Crippen LogP contribution < -0.4 is 19.9 Å². The molecule has 0 saturated heterocycles. The maximum atomic E-state index is 12.5. The highest BCUT2D eigenvalue weighted by Gasteiger charge is 2.36. The first-order valence-corrected chi connectivity index (χ1v) is 11.0. The van der Waals surface area contributed by atoms with Gasteiger partial charge in [0, 0.05) is 25.7 Å². The van der Waals surface area contributed by atoms with Gasteiger partial charge in [-0.25, -0.2) is 4.79 Å². The highest BCUT2D eigenvalue weighted by molar-refractivity contribution is 5.81. The SMILES string of the molecule is CCC(=O)Oc1ccc(C[C@](N)(CCOC(=O)Oc2ccccc2)C(=O)OC)cc1OC(=O)CC. The minimum atomic E-state index is -1.57. The number of methoxy groups -OCH3 is 1. The molecule has 0 aromatic heterocycles. The van der Waals surface area contributed by atoms with Crippen molar-refractivity contribution in [3.8, 4) is 17.2 Å². The minimum Gasteiger partial charge on any atom is -0.468 e. The van der Waals surface area contributed by atoms with Crippen molar-refractivity contribution in [3.05, 3.63) is 54.1 Å². The Bertz CT molecular complexity index is 1040. The van der Waals surface area contributed by atoms with E-state index in [1.807, 2.05) is 0 Å². The second kappa shape index (κ2) is 13.1. The Morgan fingerprint density at radius 3 is 2.09 bits per heavy atom. The van der Waals surface area contributed by atoms with Crippen molar-refractivity contribution >= 4 is 24.1 Å². The molecule has 0 amide bonds. The van der Waals surface area contributed by atoms with Gasteiger partial charge in [0.2, 0.25) is 0 Å². The quantitative estimate of drug-likeness (QED) is 0.285. The molecule has 0 aliphatic rings. The van der Waals surface area contributed by atoms with Crippen LogP contribution in [0.25, 0.3) is 0 Å². The normalized spacial score (nSPS) is 12.1. The molecule has 188 valence electrons. The second-order valence-electron chi connectivity index (χ2n) is 7.52. The zero-order valence-corrected chi connectivity index (χ0v) is 19.9. The molecule has 0 aliphatic heterocycles. The monoisotopic (exact) mass is 487 g/mol. The average molecular weight is 488 g/mol. The summed E-state index contributed by atoms with van der Waals surface area (Å²) in [6.07, 6.45) is -0.844. The zero-order valence-electron chi connectivity index (χ0n) is 19.9. The van der Waals surface area contributed by atoms with E-state index in [-0.39, 0.29) is 43.8 Å². The number of nitrogens with two attached hydrogens (primary N) is 1. The lowest BCUT2D eigenvalue weighted by Gasteiger charge is -2.26. The Morgan fingerprint density at radius 1 is 0.857 bits per heavy atom. The highest BCUT2D eigenvalue weighted by atomic mass is 16.7. The Kier molecular flexibility index (Phi) is 10.2. The van der Waals surface area contributed by atoms with E-state index in [1.165, 1.54) is 19.2 Å². The van der Waals surface area contributed by atoms with E-state index in [2.05, 4.69) is 0 Å². The molecule has 0 fully saturated rings. The molecule has 2 N–H and O–H groups in total. The number of para-hydroxylation sites is 1. The molecule has 1 atom stereocenters. The van der Waals surface area contributed by atoms with Crippen LogP contribution in [0.15, 0.2) is 48.5 Å². The number of hydrogen-bond donors (Lipinski definition) is 1. The van der Waals surface area contributed by atoms with Crippen LogP contribution in [-0.2, 0) is 30.3 Å². The van der Waals surface area contributed by atoms with Gasteiger partial charge in [0.15, 0.2) is 11.5 Å². The van der Waals surface area contributed by atoms with Gasteiger partial charge in [-0.15, -0.1) is 0 Å². The van der Waals surface area contributed by atoms with Gasteiger partial charge in [0.1, 0.15) is 11.3 Å². The van der Waals surface area contributed by atoms with E-state index in [4.69, 9.17) is 29.4 Å². The summed E-state index contributed by atoms with van der Waals surface area (Å²) < 4.78 is 25.5. The molecule has 0 unspecified atom stereocenters. The predicted molar refractivity (Wildman–Crippen MR) is 124 cm³/mol. The Labute approximate surface area is 203 Å². The summed E-state index contributed by atoms with van der Waals surface area (Å²) in [7, 11) is 1.19. The second-order valence-corrected chi connectivity index (χ2v) is 7.52. The largest absolute Gasteiger partial charge is 0.513 e. The first kappa shape index (κ1) is 27.3. The molecule has 2 aromatic carbocycles. The number of rotatable bonds is 11. The topological polar surface area (TPSA) is 140 Å². The summed E-state index contributed by atoms with van der Waals surface area (Å²) in [4.78, 5) is 48.0. The Hall–Kier alpha value is -3.92. The zero-order chi connectivity index (χ0) is 25.8. The van der Waals surface area contributed by atoms with Gasteiger partial charge in [-0.1, -0.05) is 38.1 Å². The molecule has 35 heavy (non-hydrogen) atoms. The number of benzene rings is 2. The fourth-order valence-corrected chi connectivity index (χ4v) is 2.98. The molecule has 10 nitrogen and oxygen atoms in total. The summed E-state index contributed by atoms with van der Waals surface area (Å²) in [5.74, 6) is -1.38. The van der Waals surface area contributed by atoms with E-state index in [0.717, 1.165) is 0 Å². The first-order chi connectivity index (χ1) is 16.7. The van der Waals surface area contributed by atoms with E-state index in [0.29, 0.717) is 11.3 Å². The van der Waals surface area contributed by atoms with E-state index < -0.39 is 29.6 Å². The molecular weight excluding hydrogens is 458 g/mol. The summed E-state index contributed by atoms with van der Waals surface area (Å²) in [5, 5.41) is 0. The number of carbonyl (C=O) groups excluding carboxylic acids is 4. The van der Waals surface area contributed by atoms with Crippen molar-refractivity contribution in [1.29, 1.82) is 0 Å². The van der Waals surface area contributed by atoms with E-state index in [1.54, 1.807) is 50.2 Å². The minimum absolute atomic E-state index is 0.0195. The van der Waals surface area contributed by atoms with Crippen molar-refractivity contribution in [3.63, 3.8) is 0 Å². The van der Waals surface area contributed by atoms with Crippen LogP contribution in [0.2, 0.25) is 0 Å². The standard InChI is InChI=1S/C25H29NO9/c1-4-21(27)34-19-12-11-17(15-20(19)35-22(28)5-2)16-25(26,23(29)31-3)13-14-32-24(30)33-18-9-7-6-8-10-18/h6-12,15H,4-5,13-14,16,26H2,1-3H3/t25-/m1/s1. The molecule has 10 heteroatoms. The number of esters is 3. The number of ether oxygens (including phenoxy) is 5. The van der Waals surface area contributed by atoms with Crippen LogP contribution in [0.1, 0.15) is 38.7 Å². The molecular formula is C25H29NO9. The summed E-state index contributed by atoms with van der Waals surface area (Å²) in [6.45, 7) is 3.03. The molecule has 0 bridgehead atoms. The molecule has 0 heterocycles. The Morgan fingerprint density at radius 2 is 1.49 bits per heavy atom. The number of carbonyl (C=O) groups is 4. The third-order valence-corrected chi connectivity index (χ3v) is 4.86. The lowest BCUT2D eigenvalue weighted by atomic mass is 9.88. The molecule has 2 aromatic rings. The van der Waals surface area contributed by atoms with Gasteiger partial charge >= 0.3 is 24.1 Å². The van der Waals surface area contributed by atoms with Crippen LogP contribution in [-0.4, -0.2) is 43.3 Å². The van der Waals surface area contributed by atoms with Gasteiger partial charge < -0.3 is 29.4 Å². The maximum absolute atomic E-state index is 12.5. The van der Waals surface area contributed by atoms with Crippen LogP contribution in [0.3, 0.4) is 0 Å². The van der Waals surface area contributed by atoms with E-state index in [9.17, 15) is 19.2 Å². The third kappa shape index (κ3) is 8.42. The van der Waals surface area contributed by atoms with Crippen LogP contribution in [0.4, 0.5) is 4.79 Å². The highest BCUT2D eigenvalue weighted by Crippen LogP contribution is 2.31. The first-order valence-electron chi connectivity index (χ1n) is 11.0. The van der Waals surface area contributed by atoms with Crippen molar-refractivity contribution in [2.24, 2.45) is 5.73 Å².